The quantitative estimate of drug-likeness (QED) is 0.438. The van der Waals surface area contributed by atoms with Gasteiger partial charge in [-0.25, -0.2) is 4.79 Å². The molecule has 2 aliphatic carbocycles. The Morgan fingerprint density at radius 1 is 0.865 bits per heavy atom. The first-order valence-corrected chi connectivity index (χ1v) is 14.5. The number of carbonyl (C=O) groups excluding carboxylic acids is 2. The van der Waals surface area contributed by atoms with Crippen LogP contribution < -0.4 is 5.48 Å². The summed E-state index contributed by atoms with van der Waals surface area (Å²) < 4.78 is 0. The minimum absolute atomic E-state index is 0.0824. The zero-order chi connectivity index (χ0) is 25.8. The molecule has 3 fully saturated rings. The number of hydrogen-bond acceptors (Lipinski definition) is 4. The summed E-state index contributed by atoms with van der Waals surface area (Å²) >= 11 is 0. The average molecular weight is 503 g/mol. The second-order valence-corrected chi connectivity index (χ2v) is 11.6. The first kappa shape index (κ1) is 26.0. The number of hydrogen-bond donors (Lipinski definition) is 1. The van der Waals surface area contributed by atoms with Crippen LogP contribution in [0.3, 0.4) is 0 Å². The number of rotatable bonds is 6. The van der Waals surface area contributed by atoms with Gasteiger partial charge < -0.3 is 4.84 Å². The van der Waals surface area contributed by atoms with Crippen LogP contribution in [0.1, 0.15) is 102 Å². The molecule has 1 heterocycles. The SMILES string of the molecule is CC(c1ccc(-c2ccc(C3(C(=O)NOC(=O)C4CCCCC4)CCCC3)cc2)cc1)N1CCC[C@H]1C. The van der Waals surface area contributed by atoms with E-state index < -0.39 is 5.41 Å². The van der Waals surface area contributed by atoms with Crippen LogP contribution in [0.2, 0.25) is 0 Å². The highest BCUT2D eigenvalue weighted by molar-refractivity contribution is 5.89. The van der Waals surface area contributed by atoms with Crippen LogP contribution in [-0.4, -0.2) is 29.4 Å². The van der Waals surface area contributed by atoms with Crippen molar-refractivity contribution in [2.75, 3.05) is 6.54 Å². The van der Waals surface area contributed by atoms with Gasteiger partial charge in [0.1, 0.15) is 0 Å². The van der Waals surface area contributed by atoms with Crippen molar-refractivity contribution in [2.24, 2.45) is 5.92 Å². The molecule has 5 rings (SSSR count). The number of carbonyl (C=O) groups is 2. The summed E-state index contributed by atoms with van der Waals surface area (Å²) in [5, 5.41) is 0. The molecule has 5 nitrogen and oxygen atoms in total. The van der Waals surface area contributed by atoms with E-state index in [1.165, 1.54) is 36.9 Å². The summed E-state index contributed by atoms with van der Waals surface area (Å²) in [4.78, 5) is 33.8. The molecular formula is C32H42N2O3. The molecule has 1 saturated heterocycles. The van der Waals surface area contributed by atoms with Crippen LogP contribution in [0.25, 0.3) is 11.1 Å². The van der Waals surface area contributed by atoms with Crippen LogP contribution in [0, 0.1) is 5.92 Å². The third kappa shape index (κ3) is 5.47. The topological polar surface area (TPSA) is 58.6 Å². The van der Waals surface area contributed by atoms with E-state index in [-0.39, 0.29) is 17.8 Å². The van der Waals surface area contributed by atoms with Gasteiger partial charge in [-0.3, -0.25) is 9.69 Å². The van der Waals surface area contributed by atoms with E-state index in [9.17, 15) is 9.59 Å². The molecule has 1 unspecified atom stereocenters. The van der Waals surface area contributed by atoms with Gasteiger partial charge in [-0.2, -0.15) is 5.48 Å². The fourth-order valence-corrected chi connectivity index (χ4v) is 6.90. The number of nitrogens with zero attached hydrogens (tertiary/aromatic N) is 1. The average Bonchev–Trinajstić information content (AvgIpc) is 3.62. The Kier molecular flexibility index (Phi) is 7.99. The first-order chi connectivity index (χ1) is 18.0. The maximum absolute atomic E-state index is 13.4. The Morgan fingerprint density at radius 2 is 1.49 bits per heavy atom. The number of benzene rings is 2. The summed E-state index contributed by atoms with van der Waals surface area (Å²) in [6, 6.07) is 18.4. The molecule has 0 aromatic heterocycles. The molecule has 1 amide bonds. The monoisotopic (exact) mass is 502 g/mol. The van der Waals surface area contributed by atoms with Gasteiger partial charge in [-0.05, 0) is 81.2 Å². The van der Waals surface area contributed by atoms with Crippen molar-refractivity contribution in [1.82, 2.24) is 10.4 Å². The van der Waals surface area contributed by atoms with E-state index in [1.54, 1.807) is 0 Å². The lowest BCUT2D eigenvalue weighted by molar-refractivity contribution is -0.165. The van der Waals surface area contributed by atoms with Gasteiger partial charge in [0.15, 0.2) is 0 Å². The maximum Gasteiger partial charge on any atom is 0.335 e. The maximum atomic E-state index is 13.4. The van der Waals surface area contributed by atoms with Crippen LogP contribution >= 0.6 is 0 Å². The molecule has 37 heavy (non-hydrogen) atoms. The molecule has 3 aliphatic rings. The second kappa shape index (κ2) is 11.4. The minimum atomic E-state index is -0.628. The highest BCUT2D eigenvalue weighted by atomic mass is 16.7. The molecule has 0 radical (unpaired) electrons. The van der Waals surface area contributed by atoms with Gasteiger partial charge in [-0.1, -0.05) is 80.6 Å². The summed E-state index contributed by atoms with van der Waals surface area (Å²) in [5.41, 5.74) is 6.63. The summed E-state index contributed by atoms with van der Waals surface area (Å²) in [5.74, 6) is -0.550. The summed E-state index contributed by atoms with van der Waals surface area (Å²) in [6.45, 7) is 5.82. The molecule has 0 spiro atoms. The van der Waals surface area contributed by atoms with Crippen molar-refractivity contribution in [3.8, 4) is 11.1 Å². The Hall–Kier alpha value is -2.66. The third-order valence-electron chi connectivity index (χ3n) is 9.34. The zero-order valence-electron chi connectivity index (χ0n) is 22.5. The van der Waals surface area contributed by atoms with E-state index in [1.807, 2.05) is 0 Å². The van der Waals surface area contributed by atoms with E-state index in [4.69, 9.17) is 4.84 Å². The van der Waals surface area contributed by atoms with Gasteiger partial charge in [0.25, 0.3) is 5.91 Å². The fraction of sp³-hybridized carbons (Fsp3) is 0.562. The van der Waals surface area contributed by atoms with Crippen molar-refractivity contribution < 1.29 is 14.4 Å². The Bertz CT molecular complexity index is 1070. The van der Waals surface area contributed by atoms with Crippen LogP contribution in [0.5, 0.6) is 0 Å². The van der Waals surface area contributed by atoms with E-state index in [0.29, 0.717) is 12.1 Å². The van der Waals surface area contributed by atoms with E-state index in [2.05, 4.69) is 72.8 Å². The largest absolute Gasteiger partial charge is 0.340 e. The van der Waals surface area contributed by atoms with Crippen molar-refractivity contribution >= 4 is 11.9 Å². The molecule has 0 bridgehead atoms. The van der Waals surface area contributed by atoms with Crippen molar-refractivity contribution in [3.63, 3.8) is 0 Å². The van der Waals surface area contributed by atoms with Crippen LogP contribution in [0.15, 0.2) is 48.5 Å². The molecule has 5 heteroatoms. The van der Waals surface area contributed by atoms with E-state index >= 15 is 0 Å². The van der Waals surface area contributed by atoms with Gasteiger partial charge in [0, 0.05) is 12.1 Å². The molecule has 198 valence electrons. The fourth-order valence-electron chi connectivity index (χ4n) is 6.90. The highest BCUT2D eigenvalue weighted by Crippen LogP contribution is 2.42. The second-order valence-electron chi connectivity index (χ2n) is 11.6. The number of amides is 1. The van der Waals surface area contributed by atoms with Gasteiger partial charge in [0.05, 0.1) is 11.3 Å². The van der Waals surface area contributed by atoms with Crippen LogP contribution in [0.4, 0.5) is 0 Å². The van der Waals surface area contributed by atoms with Crippen molar-refractivity contribution in [3.05, 3.63) is 59.7 Å². The number of hydroxylamine groups is 1. The Morgan fingerprint density at radius 3 is 2.08 bits per heavy atom. The number of likely N-dealkylation sites (tertiary alicyclic amines) is 1. The zero-order valence-corrected chi connectivity index (χ0v) is 22.5. The van der Waals surface area contributed by atoms with E-state index in [0.717, 1.165) is 62.5 Å². The molecule has 1 aliphatic heterocycles. The molecule has 2 saturated carbocycles. The minimum Gasteiger partial charge on any atom is -0.340 e. The molecule has 1 N–H and O–H groups in total. The predicted octanol–water partition coefficient (Wildman–Crippen LogP) is 6.87. The third-order valence-corrected chi connectivity index (χ3v) is 9.34. The predicted molar refractivity (Wildman–Crippen MR) is 147 cm³/mol. The summed E-state index contributed by atoms with van der Waals surface area (Å²) in [6.07, 6.45) is 11.2. The van der Waals surface area contributed by atoms with Gasteiger partial charge in [0.2, 0.25) is 0 Å². The van der Waals surface area contributed by atoms with Crippen molar-refractivity contribution in [2.45, 2.75) is 102 Å². The normalized spacial score (nSPS) is 23.0. The highest BCUT2D eigenvalue weighted by Gasteiger charge is 2.43. The standard InChI is InChI=1S/C32H42N2O3/c1-23-9-8-22-34(23)24(2)25-12-14-26(15-13-25)27-16-18-29(19-17-27)32(20-6-7-21-32)31(36)33-37-30(35)28-10-4-3-5-11-28/h12-19,23-24,28H,3-11,20-22H2,1-2H3,(H,33,36)/t23-,24?/m1/s1. The van der Waals surface area contributed by atoms with Gasteiger partial charge in [-0.15, -0.1) is 0 Å². The molecule has 2 aromatic carbocycles. The lowest BCUT2D eigenvalue weighted by atomic mass is 9.78. The Balaban J connectivity index is 1.26. The van der Waals surface area contributed by atoms with Gasteiger partial charge >= 0.3 is 5.97 Å². The smallest absolute Gasteiger partial charge is 0.335 e. The number of nitrogens with one attached hydrogen (secondary N) is 1. The van der Waals surface area contributed by atoms with Crippen molar-refractivity contribution in [1.29, 1.82) is 0 Å². The van der Waals surface area contributed by atoms with Crippen LogP contribution in [-0.2, 0) is 19.8 Å². The summed E-state index contributed by atoms with van der Waals surface area (Å²) in [7, 11) is 0. The molecule has 2 aromatic rings. The Labute approximate surface area is 221 Å². The lowest BCUT2D eigenvalue weighted by Crippen LogP contribution is -2.44. The molecular weight excluding hydrogens is 460 g/mol. The molecule has 2 atom stereocenters. The lowest BCUT2D eigenvalue weighted by Gasteiger charge is -2.29. The first-order valence-electron chi connectivity index (χ1n) is 14.5.